The summed E-state index contributed by atoms with van der Waals surface area (Å²) in [6.07, 6.45) is 5.81. The Bertz CT molecular complexity index is 334. The van der Waals surface area contributed by atoms with E-state index < -0.39 is 0 Å². The molecule has 1 unspecified atom stereocenters. The van der Waals surface area contributed by atoms with Crippen LogP contribution in [-0.4, -0.2) is 6.54 Å². The molecule has 0 bridgehead atoms. The SMILES string of the molecule is CCCCCC(NCCC)c1cc(F)cc(Br)c1. The molecular weight excluding hydrogens is 293 g/mol. The van der Waals surface area contributed by atoms with Crippen LogP contribution < -0.4 is 5.32 Å². The van der Waals surface area contributed by atoms with Gasteiger partial charge in [-0.25, -0.2) is 4.39 Å². The topological polar surface area (TPSA) is 12.0 Å². The van der Waals surface area contributed by atoms with Gasteiger partial charge in [0.15, 0.2) is 0 Å². The van der Waals surface area contributed by atoms with Gasteiger partial charge in [0.05, 0.1) is 0 Å². The molecule has 0 fully saturated rings. The number of rotatable bonds is 8. The van der Waals surface area contributed by atoms with Gasteiger partial charge in [-0.1, -0.05) is 49.0 Å². The Morgan fingerprint density at radius 1 is 1.17 bits per heavy atom. The molecule has 0 spiro atoms. The van der Waals surface area contributed by atoms with Crippen LogP contribution >= 0.6 is 15.9 Å². The Balaban J connectivity index is 2.72. The van der Waals surface area contributed by atoms with E-state index in [1.165, 1.54) is 25.3 Å². The monoisotopic (exact) mass is 315 g/mol. The molecule has 0 amide bonds. The summed E-state index contributed by atoms with van der Waals surface area (Å²) in [5.41, 5.74) is 1.05. The van der Waals surface area contributed by atoms with Gasteiger partial charge in [0, 0.05) is 10.5 Å². The highest BCUT2D eigenvalue weighted by Crippen LogP contribution is 2.24. The van der Waals surface area contributed by atoms with Gasteiger partial charge in [-0.3, -0.25) is 0 Å². The average molecular weight is 316 g/mol. The van der Waals surface area contributed by atoms with E-state index >= 15 is 0 Å². The maximum atomic E-state index is 13.4. The van der Waals surface area contributed by atoms with Crippen LogP contribution in [0.3, 0.4) is 0 Å². The number of benzene rings is 1. The van der Waals surface area contributed by atoms with Crippen LogP contribution in [-0.2, 0) is 0 Å². The van der Waals surface area contributed by atoms with Gasteiger partial charge in [0.25, 0.3) is 0 Å². The van der Waals surface area contributed by atoms with Crippen molar-refractivity contribution in [3.05, 3.63) is 34.1 Å². The van der Waals surface area contributed by atoms with E-state index in [1.807, 2.05) is 6.07 Å². The van der Waals surface area contributed by atoms with E-state index in [9.17, 15) is 4.39 Å². The second-order valence-electron chi connectivity index (χ2n) is 4.71. The lowest BCUT2D eigenvalue weighted by atomic mass is 10.00. The van der Waals surface area contributed by atoms with Gasteiger partial charge in [-0.05, 0) is 43.1 Å². The molecule has 0 saturated heterocycles. The molecule has 1 aromatic carbocycles. The first-order chi connectivity index (χ1) is 8.67. The molecule has 1 N–H and O–H groups in total. The third-order valence-corrected chi connectivity index (χ3v) is 3.48. The van der Waals surface area contributed by atoms with Crippen molar-refractivity contribution < 1.29 is 4.39 Å². The van der Waals surface area contributed by atoms with Crippen LogP contribution in [0, 0.1) is 5.82 Å². The van der Waals surface area contributed by atoms with Crippen LogP contribution in [0.25, 0.3) is 0 Å². The first-order valence-electron chi connectivity index (χ1n) is 6.86. The smallest absolute Gasteiger partial charge is 0.124 e. The van der Waals surface area contributed by atoms with Crippen molar-refractivity contribution in [3.63, 3.8) is 0 Å². The first kappa shape index (κ1) is 15.6. The molecule has 1 rings (SSSR count). The molecule has 0 radical (unpaired) electrons. The third-order valence-electron chi connectivity index (χ3n) is 3.02. The Morgan fingerprint density at radius 3 is 2.56 bits per heavy atom. The Kier molecular flexibility index (Phi) is 7.52. The van der Waals surface area contributed by atoms with E-state index in [4.69, 9.17) is 0 Å². The molecule has 0 saturated carbocycles. The predicted molar refractivity (Wildman–Crippen MR) is 79.3 cm³/mol. The predicted octanol–water partition coefficient (Wildman–Crippen LogP) is 5.21. The second-order valence-corrected chi connectivity index (χ2v) is 5.62. The molecule has 1 aromatic rings. The summed E-state index contributed by atoms with van der Waals surface area (Å²) in [5, 5.41) is 3.51. The van der Waals surface area contributed by atoms with Crippen molar-refractivity contribution in [3.8, 4) is 0 Å². The lowest BCUT2D eigenvalue weighted by molar-refractivity contribution is 0.471. The van der Waals surface area contributed by atoms with Crippen molar-refractivity contribution in [2.75, 3.05) is 6.54 Å². The van der Waals surface area contributed by atoms with Gasteiger partial charge < -0.3 is 5.32 Å². The minimum absolute atomic E-state index is 0.168. The third kappa shape index (κ3) is 5.49. The quantitative estimate of drug-likeness (QED) is 0.649. The van der Waals surface area contributed by atoms with Gasteiger partial charge in [0.2, 0.25) is 0 Å². The lowest BCUT2D eigenvalue weighted by Gasteiger charge is -2.19. The van der Waals surface area contributed by atoms with E-state index in [2.05, 4.69) is 35.1 Å². The number of unbranched alkanes of at least 4 members (excludes halogenated alkanes) is 2. The Hall–Kier alpha value is -0.410. The number of hydrogen-bond acceptors (Lipinski definition) is 1. The molecule has 1 atom stereocenters. The van der Waals surface area contributed by atoms with E-state index in [-0.39, 0.29) is 11.9 Å². The standard InChI is InChI=1S/C15H23BrFN/c1-3-5-6-7-15(18-8-4-2)12-9-13(16)11-14(17)10-12/h9-11,15,18H,3-8H2,1-2H3. The van der Waals surface area contributed by atoms with Crippen LogP contribution in [0.1, 0.15) is 57.6 Å². The van der Waals surface area contributed by atoms with Crippen molar-refractivity contribution in [2.45, 2.75) is 52.0 Å². The minimum atomic E-state index is -0.168. The fraction of sp³-hybridized carbons (Fsp3) is 0.600. The lowest BCUT2D eigenvalue weighted by Crippen LogP contribution is -2.22. The molecular formula is C15H23BrFN. The van der Waals surface area contributed by atoms with Crippen LogP contribution in [0.5, 0.6) is 0 Å². The van der Waals surface area contributed by atoms with E-state index in [1.54, 1.807) is 6.07 Å². The summed E-state index contributed by atoms with van der Waals surface area (Å²) in [4.78, 5) is 0. The molecule has 1 nitrogen and oxygen atoms in total. The molecule has 18 heavy (non-hydrogen) atoms. The van der Waals surface area contributed by atoms with Gasteiger partial charge in [-0.2, -0.15) is 0 Å². The molecule has 0 aliphatic rings. The van der Waals surface area contributed by atoms with E-state index in [0.29, 0.717) is 0 Å². The summed E-state index contributed by atoms with van der Waals surface area (Å²) >= 11 is 3.36. The Labute approximate surface area is 118 Å². The largest absolute Gasteiger partial charge is 0.310 e. The average Bonchev–Trinajstić information content (AvgIpc) is 2.32. The zero-order chi connectivity index (χ0) is 13.4. The molecule has 3 heteroatoms. The molecule has 0 aliphatic carbocycles. The summed E-state index contributed by atoms with van der Waals surface area (Å²) in [6.45, 7) is 5.33. The van der Waals surface area contributed by atoms with Crippen LogP contribution in [0.2, 0.25) is 0 Å². The van der Waals surface area contributed by atoms with Crippen molar-refractivity contribution >= 4 is 15.9 Å². The highest BCUT2D eigenvalue weighted by molar-refractivity contribution is 9.10. The Morgan fingerprint density at radius 2 is 1.94 bits per heavy atom. The van der Waals surface area contributed by atoms with Gasteiger partial charge in [-0.15, -0.1) is 0 Å². The fourth-order valence-electron chi connectivity index (χ4n) is 2.08. The number of nitrogens with one attached hydrogen (secondary N) is 1. The molecule has 102 valence electrons. The van der Waals surface area contributed by atoms with Crippen LogP contribution in [0.4, 0.5) is 4.39 Å². The van der Waals surface area contributed by atoms with Crippen molar-refractivity contribution in [1.29, 1.82) is 0 Å². The summed E-state index contributed by atoms with van der Waals surface area (Å²) < 4.78 is 14.3. The van der Waals surface area contributed by atoms with Crippen LogP contribution in [0.15, 0.2) is 22.7 Å². The van der Waals surface area contributed by atoms with E-state index in [0.717, 1.165) is 29.4 Å². The van der Waals surface area contributed by atoms with Crippen molar-refractivity contribution in [2.24, 2.45) is 0 Å². The minimum Gasteiger partial charge on any atom is -0.310 e. The van der Waals surface area contributed by atoms with Gasteiger partial charge >= 0.3 is 0 Å². The zero-order valence-electron chi connectivity index (χ0n) is 11.3. The highest BCUT2D eigenvalue weighted by Gasteiger charge is 2.12. The second kappa shape index (κ2) is 8.65. The fourth-order valence-corrected chi connectivity index (χ4v) is 2.56. The first-order valence-corrected chi connectivity index (χ1v) is 7.66. The highest BCUT2D eigenvalue weighted by atomic mass is 79.9. The van der Waals surface area contributed by atoms with Gasteiger partial charge in [0.1, 0.15) is 5.82 Å². The number of halogens is 2. The summed E-state index contributed by atoms with van der Waals surface area (Å²) in [5.74, 6) is -0.168. The number of hydrogen-bond donors (Lipinski definition) is 1. The zero-order valence-corrected chi connectivity index (χ0v) is 12.9. The maximum Gasteiger partial charge on any atom is 0.124 e. The normalized spacial score (nSPS) is 12.7. The molecule has 0 aromatic heterocycles. The molecule has 0 heterocycles. The maximum absolute atomic E-state index is 13.4. The summed E-state index contributed by atoms with van der Waals surface area (Å²) in [6, 6.07) is 5.43. The van der Waals surface area contributed by atoms with Crippen molar-refractivity contribution in [1.82, 2.24) is 5.32 Å². The summed E-state index contributed by atoms with van der Waals surface area (Å²) in [7, 11) is 0. The molecule has 0 aliphatic heterocycles.